The number of nitrogens with zero attached hydrogens (tertiary/aromatic N) is 1. The van der Waals surface area contributed by atoms with Crippen molar-refractivity contribution in [3.8, 4) is 0 Å². The number of amides is 1. The zero-order chi connectivity index (χ0) is 15.3. The maximum Gasteiger partial charge on any atom is 0.240 e. The summed E-state index contributed by atoms with van der Waals surface area (Å²) < 4.78 is 1.95. The van der Waals surface area contributed by atoms with Gasteiger partial charge in [-0.25, -0.2) is 0 Å². The highest BCUT2D eigenvalue weighted by Gasteiger charge is 2.17. The van der Waals surface area contributed by atoms with Gasteiger partial charge in [0.05, 0.1) is 0 Å². The summed E-state index contributed by atoms with van der Waals surface area (Å²) in [5.74, 6) is 0.568. The molecule has 1 unspecified atom stereocenters. The molecule has 0 aliphatic rings. The number of hydrogen-bond acceptors (Lipinski definition) is 2. The van der Waals surface area contributed by atoms with Crippen LogP contribution < -0.4 is 10.6 Å². The molecule has 0 aromatic carbocycles. The Kier molecular flexibility index (Phi) is 5.81. The number of rotatable bonds is 6. The first-order valence-corrected chi connectivity index (χ1v) is 7.43. The minimum absolute atomic E-state index is 0.0456. The van der Waals surface area contributed by atoms with Gasteiger partial charge in [-0.15, -0.1) is 0 Å². The van der Waals surface area contributed by atoms with Crippen molar-refractivity contribution in [3.63, 3.8) is 0 Å². The van der Waals surface area contributed by atoms with Gasteiger partial charge in [0.2, 0.25) is 5.91 Å². The van der Waals surface area contributed by atoms with Crippen LogP contribution in [0.5, 0.6) is 0 Å². The first-order valence-electron chi connectivity index (χ1n) is 7.43. The highest BCUT2D eigenvalue weighted by molar-refractivity contribution is 5.76. The van der Waals surface area contributed by atoms with Gasteiger partial charge in [-0.1, -0.05) is 20.8 Å². The molecule has 20 heavy (non-hydrogen) atoms. The molecule has 0 aliphatic heterocycles. The SMILES string of the molecule is CCNC(c1ccn(CC(=O)NC(C)(C)C)c1)C(C)C. The molecule has 1 amide bonds. The molecule has 0 spiro atoms. The molecule has 0 aliphatic carbocycles. The van der Waals surface area contributed by atoms with Crippen LogP contribution in [0, 0.1) is 5.92 Å². The van der Waals surface area contributed by atoms with E-state index >= 15 is 0 Å². The smallest absolute Gasteiger partial charge is 0.240 e. The van der Waals surface area contributed by atoms with Crippen LogP contribution in [0.1, 0.15) is 53.1 Å². The fourth-order valence-corrected chi connectivity index (χ4v) is 2.32. The van der Waals surface area contributed by atoms with E-state index < -0.39 is 0 Å². The van der Waals surface area contributed by atoms with E-state index in [0.717, 1.165) is 6.54 Å². The van der Waals surface area contributed by atoms with Crippen molar-refractivity contribution in [2.75, 3.05) is 6.54 Å². The van der Waals surface area contributed by atoms with Crippen molar-refractivity contribution in [3.05, 3.63) is 24.0 Å². The molecule has 2 N–H and O–H groups in total. The second-order valence-corrected chi connectivity index (χ2v) is 6.69. The summed E-state index contributed by atoms with van der Waals surface area (Å²) in [4.78, 5) is 11.9. The highest BCUT2D eigenvalue weighted by atomic mass is 16.2. The fourth-order valence-electron chi connectivity index (χ4n) is 2.32. The van der Waals surface area contributed by atoms with Gasteiger partial charge in [0.15, 0.2) is 0 Å². The molecule has 1 rings (SSSR count). The summed E-state index contributed by atoms with van der Waals surface area (Å²) in [6.07, 6.45) is 4.04. The Hall–Kier alpha value is -1.29. The third kappa shape index (κ3) is 5.37. The summed E-state index contributed by atoms with van der Waals surface area (Å²) >= 11 is 0. The normalized spacial score (nSPS) is 13.6. The molecule has 0 saturated heterocycles. The number of nitrogens with one attached hydrogen (secondary N) is 2. The van der Waals surface area contributed by atoms with Crippen LogP contribution in [0.3, 0.4) is 0 Å². The maximum absolute atomic E-state index is 11.9. The third-order valence-electron chi connectivity index (χ3n) is 3.06. The van der Waals surface area contributed by atoms with E-state index in [9.17, 15) is 4.79 Å². The maximum atomic E-state index is 11.9. The predicted octanol–water partition coefficient (Wildman–Crippen LogP) is 2.71. The zero-order valence-corrected chi connectivity index (χ0v) is 13.7. The van der Waals surface area contributed by atoms with Gasteiger partial charge < -0.3 is 15.2 Å². The molecule has 1 atom stereocenters. The average molecular weight is 279 g/mol. The highest BCUT2D eigenvalue weighted by Crippen LogP contribution is 2.21. The molecular formula is C16H29N3O. The van der Waals surface area contributed by atoms with Crippen molar-refractivity contribution in [1.29, 1.82) is 0 Å². The van der Waals surface area contributed by atoms with Crippen LogP contribution in [0.15, 0.2) is 18.5 Å². The quantitative estimate of drug-likeness (QED) is 0.841. The Balaban J connectivity index is 2.69. The average Bonchev–Trinajstić information content (AvgIpc) is 2.70. The molecule has 0 bridgehead atoms. The van der Waals surface area contributed by atoms with Gasteiger partial charge in [0.25, 0.3) is 0 Å². The standard InChI is InChI=1S/C16H29N3O/c1-7-17-15(12(2)3)13-8-9-19(10-13)11-14(20)18-16(4,5)6/h8-10,12,15,17H,7,11H2,1-6H3,(H,18,20). The molecule has 114 valence electrons. The Labute approximate surface area is 122 Å². The zero-order valence-electron chi connectivity index (χ0n) is 13.7. The molecule has 1 heterocycles. The van der Waals surface area contributed by atoms with Gasteiger partial charge >= 0.3 is 0 Å². The van der Waals surface area contributed by atoms with Gasteiger partial charge in [0, 0.05) is 24.0 Å². The Morgan fingerprint density at radius 3 is 2.50 bits per heavy atom. The second kappa shape index (κ2) is 6.93. The van der Waals surface area contributed by atoms with Crippen molar-refractivity contribution in [2.45, 2.75) is 59.7 Å². The predicted molar refractivity (Wildman–Crippen MR) is 83.6 cm³/mol. The molecule has 0 fully saturated rings. The monoisotopic (exact) mass is 279 g/mol. The Morgan fingerprint density at radius 2 is 2.00 bits per heavy atom. The lowest BCUT2D eigenvalue weighted by molar-refractivity contribution is -0.123. The lowest BCUT2D eigenvalue weighted by Gasteiger charge is -2.21. The third-order valence-corrected chi connectivity index (χ3v) is 3.06. The Morgan fingerprint density at radius 1 is 1.35 bits per heavy atom. The van der Waals surface area contributed by atoms with Crippen molar-refractivity contribution in [2.24, 2.45) is 5.92 Å². The van der Waals surface area contributed by atoms with Crippen LogP contribution >= 0.6 is 0 Å². The van der Waals surface area contributed by atoms with E-state index in [1.54, 1.807) is 0 Å². The molecule has 0 saturated carbocycles. The topological polar surface area (TPSA) is 46.1 Å². The number of carbonyl (C=O) groups excluding carboxylic acids is 1. The lowest BCUT2D eigenvalue weighted by Crippen LogP contribution is -2.42. The summed E-state index contributed by atoms with van der Waals surface area (Å²) in [7, 11) is 0. The molecule has 4 nitrogen and oxygen atoms in total. The largest absolute Gasteiger partial charge is 0.350 e. The van der Waals surface area contributed by atoms with E-state index in [4.69, 9.17) is 0 Å². The summed E-state index contributed by atoms with van der Waals surface area (Å²) in [6.45, 7) is 13.8. The van der Waals surface area contributed by atoms with Gasteiger partial charge in [-0.05, 0) is 44.9 Å². The molecular weight excluding hydrogens is 250 g/mol. The van der Waals surface area contributed by atoms with Crippen LogP contribution in [-0.2, 0) is 11.3 Å². The van der Waals surface area contributed by atoms with Crippen LogP contribution in [0.2, 0.25) is 0 Å². The van der Waals surface area contributed by atoms with Gasteiger partial charge in [-0.3, -0.25) is 4.79 Å². The molecule has 0 radical (unpaired) electrons. The van der Waals surface area contributed by atoms with E-state index in [2.05, 4.69) is 43.7 Å². The van der Waals surface area contributed by atoms with Crippen molar-refractivity contribution in [1.82, 2.24) is 15.2 Å². The molecule has 1 aromatic rings. The first kappa shape index (κ1) is 16.8. The number of hydrogen-bond donors (Lipinski definition) is 2. The molecule has 4 heteroatoms. The van der Waals surface area contributed by atoms with Gasteiger partial charge in [0.1, 0.15) is 6.54 Å². The van der Waals surface area contributed by atoms with Crippen molar-refractivity contribution >= 4 is 5.91 Å². The van der Waals surface area contributed by atoms with E-state index in [1.165, 1.54) is 5.56 Å². The van der Waals surface area contributed by atoms with E-state index in [-0.39, 0.29) is 11.4 Å². The molecule has 1 aromatic heterocycles. The summed E-state index contributed by atoms with van der Waals surface area (Å²) in [5.41, 5.74) is 1.06. The van der Waals surface area contributed by atoms with E-state index in [1.807, 2.05) is 31.5 Å². The Bertz CT molecular complexity index is 429. The van der Waals surface area contributed by atoms with Crippen LogP contribution in [0.4, 0.5) is 0 Å². The van der Waals surface area contributed by atoms with Crippen LogP contribution in [-0.4, -0.2) is 22.6 Å². The minimum Gasteiger partial charge on any atom is -0.350 e. The van der Waals surface area contributed by atoms with Crippen molar-refractivity contribution < 1.29 is 4.79 Å². The second-order valence-electron chi connectivity index (χ2n) is 6.69. The summed E-state index contributed by atoms with van der Waals surface area (Å²) in [6, 6.07) is 2.43. The minimum atomic E-state index is -0.183. The number of carbonyl (C=O) groups is 1. The first-order chi connectivity index (χ1) is 9.23. The fraction of sp³-hybridized carbons (Fsp3) is 0.688. The van der Waals surface area contributed by atoms with Gasteiger partial charge in [-0.2, -0.15) is 0 Å². The number of aromatic nitrogens is 1. The van der Waals surface area contributed by atoms with E-state index in [0.29, 0.717) is 18.5 Å². The lowest BCUT2D eigenvalue weighted by atomic mass is 9.98. The van der Waals surface area contributed by atoms with Crippen LogP contribution in [0.25, 0.3) is 0 Å². The summed E-state index contributed by atoms with van der Waals surface area (Å²) in [5, 5.41) is 6.47.